The van der Waals surface area contributed by atoms with Gasteiger partial charge in [0.15, 0.2) is 0 Å². The molecule has 1 fully saturated rings. The maximum Gasteiger partial charge on any atom is 0.0406 e. The molecule has 4 rings (SSSR count). The predicted molar refractivity (Wildman–Crippen MR) is 111 cm³/mol. The van der Waals surface area contributed by atoms with Gasteiger partial charge in [0.1, 0.15) is 0 Å². The Balaban J connectivity index is 1.43. The van der Waals surface area contributed by atoms with Crippen molar-refractivity contribution in [2.75, 3.05) is 50.7 Å². The first-order valence-corrected chi connectivity index (χ1v) is 9.87. The third-order valence-electron chi connectivity index (χ3n) is 5.42. The number of piperazine rings is 1. The van der Waals surface area contributed by atoms with E-state index in [1.165, 1.54) is 22.4 Å². The van der Waals surface area contributed by atoms with Crippen molar-refractivity contribution in [2.45, 2.75) is 6.42 Å². The smallest absolute Gasteiger partial charge is 0.0406 e. The molecule has 2 aliphatic rings. The summed E-state index contributed by atoms with van der Waals surface area (Å²) in [5.41, 5.74) is 5.71. The molecule has 0 aliphatic carbocycles. The minimum atomic E-state index is 0.807. The van der Waals surface area contributed by atoms with Crippen molar-refractivity contribution >= 4 is 22.9 Å². The van der Waals surface area contributed by atoms with Crippen molar-refractivity contribution in [3.05, 3.63) is 70.8 Å². The first-order valence-electron chi connectivity index (χ1n) is 9.49. The molecule has 0 saturated carbocycles. The Morgan fingerprint density at radius 3 is 2.35 bits per heavy atom. The minimum Gasteiger partial charge on any atom is -0.369 e. The Labute approximate surface area is 161 Å². The molecule has 0 radical (unpaired) electrons. The van der Waals surface area contributed by atoms with Gasteiger partial charge in [-0.15, -0.1) is 0 Å². The normalized spacial score (nSPS) is 19.0. The summed E-state index contributed by atoms with van der Waals surface area (Å²) in [5.74, 6) is 0. The maximum absolute atomic E-state index is 6.07. The summed E-state index contributed by atoms with van der Waals surface area (Å²) in [4.78, 5) is 5.09. The summed E-state index contributed by atoms with van der Waals surface area (Å²) in [6.07, 6.45) is 1.10. The second-order valence-corrected chi connectivity index (χ2v) is 7.55. The molecule has 2 aromatic rings. The Bertz CT molecular complexity index is 747. The van der Waals surface area contributed by atoms with Crippen LogP contribution in [0, 0.1) is 0 Å². The summed E-state index contributed by atoms with van der Waals surface area (Å²) in [7, 11) is 0. The number of nitrogens with zero attached hydrogens (tertiary/aromatic N) is 2. The van der Waals surface area contributed by atoms with E-state index in [1.54, 1.807) is 0 Å². The van der Waals surface area contributed by atoms with Gasteiger partial charge in [0.2, 0.25) is 0 Å². The molecule has 3 nitrogen and oxygen atoms in total. The summed E-state index contributed by atoms with van der Waals surface area (Å²) in [6.45, 7) is 7.55. The van der Waals surface area contributed by atoms with Crippen molar-refractivity contribution in [3.63, 3.8) is 0 Å². The van der Waals surface area contributed by atoms with Gasteiger partial charge in [0.25, 0.3) is 0 Å². The lowest BCUT2D eigenvalue weighted by atomic mass is 9.94. The largest absolute Gasteiger partial charge is 0.369 e. The number of hydrogen-bond donors (Lipinski definition) is 1. The quantitative estimate of drug-likeness (QED) is 0.883. The molecule has 0 spiro atoms. The van der Waals surface area contributed by atoms with Gasteiger partial charge < -0.3 is 10.2 Å². The van der Waals surface area contributed by atoms with E-state index in [0.29, 0.717) is 0 Å². The number of halogens is 1. The number of hydrogen-bond acceptors (Lipinski definition) is 3. The lowest BCUT2D eigenvalue weighted by Crippen LogP contribution is -2.47. The van der Waals surface area contributed by atoms with Crippen LogP contribution in [0.25, 0.3) is 5.57 Å². The molecule has 0 amide bonds. The second-order valence-electron chi connectivity index (χ2n) is 7.11. The van der Waals surface area contributed by atoms with E-state index >= 15 is 0 Å². The van der Waals surface area contributed by atoms with Gasteiger partial charge >= 0.3 is 0 Å². The molecule has 2 heterocycles. The lowest BCUT2D eigenvalue weighted by Gasteiger charge is -2.37. The molecule has 0 atom stereocenters. The molecule has 1 saturated heterocycles. The number of benzene rings is 2. The summed E-state index contributed by atoms with van der Waals surface area (Å²) < 4.78 is 0. The van der Waals surface area contributed by atoms with Gasteiger partial charge in [-0.3, -0.25) is 4.90 Å². The number of anilines is 1. The molecule has 0 unspecified atom stereocenters. The molecule has 1 N–H and O–H groups in total. The van der Waals surface area contributed by atoms with Crippen LogP contribution in [0.3, 0.4) is 0 Å². The monoisotopic (exact) mass is 367 g/mol. The van der Waals surface area contributed by atoms with Crippen LogP contribution in [0.5, 0.6) is 0 Å². The Morgan fingerprint density at radius 2 is 1.62 bits per heavy atom. The molecule has 136 valence electrons. The van der Waals surface area contributed by atoms with Gasteiger partial charge in [-0.05, 0) is 53.9 Å². The highest BCUT2D eigenvalue weighted by Gasteiger charge is 2.21. The van der Waals surface area contributed by atoms with E-state index < -0.39 is 0 Å². The fourth-order valence-electron chi connectivity index (χ4n) is 3.96. The third-order valence-corrected chi connectivity index (χ3v) is 5.67. The zero-order valence-corrected chi connectivity index (χ0v) is 15.9. The zero-order valence-electron chi connectivity index (χ0n) is 15.1. The van der Waals surface area contributed by atoms with Crippen LogP contribution in [0.1, 0.15) is 12.0 Å². The van der Waals surface area contributed by atoms with Crippen LogP contribution in [-0.2, 0) is 0 Å². The van der Waals surface area contributed by atoms with Gasteiger partial charge in [-0.2, -0.15) is 0 Å². The van der Waals surface area contributed by atoms with Crippen molar-refractivity contribution < 1.29 is 0 Å². The number of nitrogens with one attached hydrogen (secondary N) is 1. The topological polar surface area (TPSA) is 18.5 Å². The van der Waals surface area contributed by atoms with Crippen LogP contribution in [-0.4, -0.2) is 50.7 Å². The highest BCUT2D eigenvalue weighted by atomic mass is 35.5. The van der Waals surface area contributed by atoms with Crippen molar-refractivity contribution in [3.8, 4) is 0 Å². The van der Waals surface area contributed by atoms with E-state index in [2.05, 4.69) is 57.6 Å². The van der Waals surface area contributed by atoms with E-state index in [4.69, 9.17) is 11.6 Å². The fourth-order valence-corrected chi connectivity index (χ4v) is 4.09. The van der Waals surface area contributed by atoms with Crippen LogP contribution >= 0.6 is 11.6 Å². The molecule has 4 heteroatoms. The first-order chi connectivity index (χ1) is 12.8. The molecular formula is C22H26ClN3. The Hall–Kier alpha value is -1.81. The summed E-state index contributed by atoms with van der Waals surface area (Å²) in [5, 5.41) is 4.36. The van der Waals surface area contributed by atoms with Crippen molar-refractivity contribution in [1.82, 2.24) is 10.2 Å². The first kappa shape index (κ1) is 17.6. The highest BCUT2D eigenvalue weighted by molar-refractivity contribution is 6.30. The van der Waals surface area contributed by atoms with Gasteiger partial charge in [0.05, 0.1) is 0 Å². The van der Waals surface area contributed by atoms with Crippen LogP contribution in [0.15, 0.2) is 60.2 Å². The van der Waals surface area contributed by atoms with E-state index in [9.17, 15) is 0 Å². The average Bonchev–Trinajstić information content (AvgIpc) is 2.70. The molecule has 0 aromatic heterocycles. The van der Waals surface area contributed by atoms with Crippen molar-refractivity contribution in [2.24, 2.45) is 0 Å². The summed E-state index contributed by atoms with van der Waals surface area (Å²) >= 11 is 6.07. The Kier molecular flexibility index (Phi) is 5.59. The maximum atomic E-state index is 6.07. The van der Waals surface area contributed by atoms with E-state index in [-0.39, 0.29) is 0 Å². The predicted octanol–water partition coefficient (Wildman–Crippen LogP) is 3.91. The van der Waals surface area contributed by atoms with Crippen molar-refractivity contribution in [1.29, 1.82) is 0 Å². The van der Waals surface area contributed by atoms with Crippen LogP contribution < -0.4 is 10.2 Å². The SMILES string of the molecule is Clc1ccc(C2=C(CN3CCN(c4ccccc4)CC3)CNCC2)cc1. The number of para-hydroxylation sites is 1. The summed E-state index contributed by atoms with van der Waals surface area (Å²) in [6, 6.07) is 19.1. The van der Waals surface area contributed by atoms with Gasteiger partial charge in [-0.1, -0.05) is 41.9 Å². The number of rotatable bonds is 4. The van der Waals surface area contributed by atoms with Crippen LogP contribution in [0.2, 0.25) is 5.02 Å². The highest BCUT2D eigenvalue weighted by Crippen LogP contribution is 2.27. The van der Waals surface area contributed by atoms with E-state index in [0.717, 1.165) is 57.3 Å². The molecule has 0 bridgehead atoms. The zero-order chi connectivity index (χ0) is 17.8. The standard InChI is InChI=1S/C22H26ClN3/c23-20-8-6-18(7-9-20)22-10-11-24-16-19(22)17-25-12-14-26(15-13-25)21-4-2-1-3-5-21/h1-9,24H,10-17H2. The third kappa shape index (κ3) is 4.12. The van der Waals surface area contributed by atoms with Crippen LogP contribution in [0.4, 0.5) is 5.69 Å². The average molecular weight is 368 g/mol. The van der Waals surface area contributed by atoms with E-state index in [1.807, 2.05) is 12.1 Å². The Morgan fingerprint density at radius 1 is 0.885 bits per heavy atom. The lowest BCUT2D eigenvalue weighted by molar-refractivity contribution is 0.276. The molecule has 2 aliphatic heterocycles. The molecule has 26 heavy (non-hydrogen) atoms. The molecule has 2 aromatic carbocycles. The minimum absolute atomic E-state index is 0.807. The van der Waals surface area contributed by atoms with Gasteiger partial charge in [-0.25, -0.2) is 0 Å². The second kappa shape index (κ2) is 8.26. The molecular weight excluding hydrogens is 342 g/mol. The fraction of sp³-hybridized carbons (Fsp3) is 0.364. The van der Waals surface area contributed by atoms with Gasteiger partial charge in [0, 0.05) is 50.0 Å².